The number of fused-ring (bicyclic) bond motifs is 8. The Kier molecular flexibility index (Phi) is 10.8. The molecule has 8 bridgehead atoms. The van der Waals surface area contributed by atoms with Crippen LogP contribution in [0.5, 0.6) is 0 Å². The van der Waals surface area contributed by atoms with Gasteiger partial charge >= 0.3 is 17.1 Å². The molecule has 5 heteroatoms. The van der Waals surface area contributed by atoms with Gasteiger partial charge in [-0.1, -0.05) is 159 Å². The van der Waals surface area contributed by atoms with Crippen LogP contribution in [-0.2, 0) is 17.1 Å². The number of nitrogens with zero attached hydrogens (tertiary/aromatic N) is 4. The number of unbranched alkanes of at least 4 members (excludes halogenated alkanes) is 1. The van der Waals surface area contributed by atoms with E-state index in [2.05, 4.69) is 159 Å². The van der Waals surface area contributed by atoms with Crippen molar-refractivity contribution in [3.05, 3.63) is 175 Å². The van der Waals surface area contributed by atoms with E-state index in [0.29, 0.717) is 0 Å². The summed E-state index contributed by atoms with van der Waals surface area (Å²) in [5, 5.41) is 0. The van der Waals surface area contributed by atoms with Crippen molar-refractivity contribution < 1.29 is 17.1 Å². The second kappa shape index (κ2) is 16.1. The molecule has 53 heavy (non-hydrogen) atoms. The van der Waals surface area contributed by atoms with Crippen molar-refractivity contribution in [3.8, 4) is 44.5 Å². The molecule has 0 spiro atoms. The van der Waals surface area contributed by atoms with E-state index in [9.17, 15) is 0 Å². The standard InChI is InChI=1S/C44H28N4.C4H9.Fe/c1-5-13-29(14-6-1)41-33-21-23-35(45-33)42(30-15-7-2-8-16-30)37-25-27-39(47-37)44(32-19-11-4-12-20-32)40-28-26-38(48-40)43(31-17-9-3-10-18-31)36-24-22-34(41)46-36;1-3-4-2;/h1-28H;1,3-4H2,2H3;/q-2;-1;+3. The number of hydrogen-bond donors (Lipinski definition) is 0. The van der Waals surface area contributed by atoms with Crippen LogP contribution in [-0.4, -0.2) is 9.97 Å². The fourth-order valence-corrected chi connectivity index (χ4v) is 6.69. The van der Waals surface area contributed by atoms with Crippen LogP contribution >= 0.6 is 0 Å². The topological polar surface area (TPSA) is 54.0 Å². The van der Waals surface area contributed by atoms with Crippen molar-refractivity contribution in [1.29, 1.82) is 0 Å². The predicted molar refractivity (Wildman–Crippen MR) is 219 cm³/mol. The second-order valence-corrected chi connectivity index (χ2v) is 12.7. The maximum absolute atomic E-state index is 5.31. The molecule has 9 rings (SSSR count). The van der Waals surface area contributed by atoms with Crippen LogP contribution in [0.25, 0.3) is 90.9 Å². The quantitative estimate of drug-likeness (QED) is 0.131. The molecule has 4 nitrogen and oxygen atoms in total. The first-order chi connectivity index (χ1) is 25.7. The van der Waals surface area contributed by atoms with Gasteiger partial charge in [0.2, 0.25) is 0 Å². The van der Waals surface area contributed by atoms with E-state index in [1.165, 1.54) is 6.42 Å². The van der Waals surface area contributed by atoms with Crippen LogP contribution in [0.4, 0.5) is 0 Å². The van der Waals surface area contributed by atoms with Crippen molar-refractivity contribution >= 4 is 46.4 Å². The summed E-state index contributed by atoms with van der Waals surface area (Å²) in [5.41, 5.74) is 15.0. The summed E-state index contributed by atoms with van der Waals surface area (Å²) < 4.78 is 0. The van der Waals surface area contributed by atoms with Crippen molar-refractivity contribution in [2.45, 2.75) is 19.8 Å². The second-order valence-electron chi connectivity index (χ2n) is 12.7. The predicted octanol–water partition coefficient (Wildman–Crippen LogP) is 12.2. The van der Waals surface area contributed by atoms with Crippen LogP contribution in [0.1, 0.15) is 42.5 Å². The Balaban J connectivity index is 0.000000831. The van der Waals surface area contributed by atoms with Crippen LogP contribution in [0, 0.1) is 6.92 Å². The third-order valence-electron chi connectivity index (χ3n) is 9.21. The molecule has 257 valence electrons. The third kappa shape index (κ3) is 7.23. The Morgan fingerprint density at radius 2 is 0.623 bits per heavy atom. The van der Waals surface area contributed by atoms with Crippen molar-refractivity contribution in [1.82, 2.24) is 19.9 Å². The zero-order valence-electron chi connectivity index (χ0n) is 29.4. The molecular weight excluding hydrogens is 688 g/mol. The van der Waals surface area contributed by atoms with E-state index < -0.39 is 0 Å². The van der Waals surface area contributed by atoms with Crippen LogP contribution in [0.3, 0.4) is 0 Å². The molecule has 0 aliphatic carbocycles. The normalized spacial score (nSPS) is 11.4. The van der Waals surface area contributed by atoms with E-state index >= 15 is 0 Å². The third-order valence-corrected chi connectivity index (χ3v) is 9.21. The summed E-state index contributed by atoms with van der Waals surface area (Å²) in [6.45, 7) is 5.72. The molecule has 0 saturated carbocycles. The van der Waals surface area contributed by atoms with Crippen LogP contribution in [0.15, 0.2) is 146 Å². The maximum Gasteiger partial charge on any atom is 3.00 e. The van der Waals surface area contributed by atoms with Crippen molar-refractivity contribution in [2.75, 3.05) is 0 Å². The van der Waals surface area contributed by atoms with Gasteiger partial charge in [-0.2, -0.15) is 6.42 Å². The number of hydrogen-bond acceptors (Lipinski definition) is 2. The van der Waals surface area contributed by atoms with Gasteiger partial charge in [-0.15, -0.1) is 22.1 Å². The van der Waals surface area contributed by atoms with Gasteiger partial charge in [-0.3, -0.25) is 0 Å². The summed E-state index contributed by atoms with van der Waals surface area (Å²) in [6.07, 6.45) is 10.7. The Bertz CT molecular complexity index is 2220. The van der Waals surface area contributed by atoms with E-state index in [1.54, 1.807) is 0 Å². The van der Waals surface area contributed by atoms with Crippen molar-refractivity contribution in [2.24, 2.45) is 0 Å². The summed E-state index contributed by atoms with van der Waals surface area (Å²) >= 11 is 0. The average Bonchev–Trinajstić information content (AvgIpc) is 4.05. The van der Waals surface area contributed by atoms with Gasteiger partial charge in [0.15, 0.2) is 0 Å². The zero-order chi connectivity index (χ0) is 35.3. The first kappa shape index (κ1) is 35.4. The summed E-state index contributed by atoms with van der Waals surface area (Å²) in [7, 11) is 0. The SMILES string of the molecule is C1=Cc2nc1c(-c1ccccc1)c1ccc([n-]1)c(-c1ccccc1)c1nc(c(-c3ccccc3)c3ccc([n-]3)c2-c2ccccc2)C=C1.[CH2-]CCC.[Fe+3]. The number of rotatable bonds is 5. The summed E-state index contributed by atoms with van der Waals surface area (Å²) in [4.78, 5) is 21.2. The first-order valence-corrected chi connectivity index (χ1v) is 17.8. The largest absolute Gasteiger partial charge is 3.00 e. The first-order valence-electron chi connectivity index (χ1n) is 17.8. The van der Waals surface area contributed by atoms with Crippen LogP contribution < -0.4 is 9.97 Å². The summed E-state index contributed by atoms with van der Waals surface area (Å²) in [6, 6.07) is 50.0. The van der Waals surface area contributed by atoms with Crippen LogP contribution in [0.2, 0.25) is 0 Å². The fraction of sp³-hybridized carbons (Fsp3) is 0.0625. The minimum Gasteiger partial charge on any atom is -0.657 e. The molecule has 2 aliphatic rings. The molecule has 0 fully saturated rings. The van der Waals surface area contributed by atoms with E-state index in [0.717, 1.165) is 95.8 Å². The minimum atomic E-state index is 0. The van der Waals surface area contributed by atoms with Gasteiger partial charge in [0.25, 0.3) is 0 Å². The number of benzene rings is 4. The van der Waals surface area contributed by atoms with E-state index in [4.69, 9.17) is 19.9 Å². The molecule has 0 saturated heterocycles. The molecule has 7 aromatic rings. The molecule has 0 atom stereocenters. The van der Waals surface area contributed by atoms with Gasteiger partial charge in [0.1, 0.15) is 0 Å². The van der Waals surface area contributed by atoms with E-state index in [-0.39, 0.29) is 17.1 Å². The molecule has 1 radical (unpaired) electrons. The van der Waals surface area contributed by atoms with Gasteiger partial charge in [-0.25, -0.2) is 9.97 Å². The zero-order valence-corrected chi connectivity index (χ0v) is 30.5. The van der Waals surface area contributed by atoms with Gasteiger partial charge in [-0.05, 0) is 68.8 Å². The molecule has 0 unspecified atom stereocenters. The molecule has 4 aromatic carbocycles. The summed E-state index contributed by atoms with van der Waals surface area (Å²) in [5.74, 6) is 0. The fourth-order valence-electron chi connectivity index (χ4n) is 6.69. The average molecular weight is 726 g/mol. The van der Waals surface area contributed by atoms with Gasteiger partial charge < -0.3 is 16.9 Å². The van der Waals surface area contributed by atoms with Gasteiger partial charge in [0.05, 0.1) is 22.8 Å². The molecule has 0 N–H and O–H groups in total. The Hall–Kier alpha value is -6.00. The smallest absolute Gasteiger partial charge is 0.657 e. The molecule has 2 aliphatic heterocycles. The Labute approximate surface area is 321 Å². The van der Waals surface area contributed by atoms with E-state index in [1.807, 2.05) is 24.3 Å². The monoisotopic (exact) mass is 725 g/mol. The Morgan fingerprint density at radius 3 is 0.830 bits per heavy atom. The van der Waals surface area contributed by atoms with Crippen molar-refractivity contribution in [3.63, 3.8) is 0 Å². The Morgan fingerprint density at radius 1 is 0.396 bits per heavy atom. The number of aromatic nitrogens is 4. The minimum absolute atomic E-state index is 0. The molecule has 5 heterocycles. The molecular formula is C48H37FeN4. The molecule has 0 amide bonds. The molecule has 3 aromatic heterocycles. The van der Waals surface area contributed by atoms with Gasteiger partial charge in [0, 0.05) is 0 Å². The maximum atomic E-state index is 5.31.